The molecule has 2 N–H and O–H groups in total. The van der Waals surface area contributed by atoms with Crippen LogP contribution in [0.2, 0.25) is 0 Å². The van der Waals surface area contributed by atoms with E-state index in [0.29, 0.717) is 11.3 Å². The Hall–Kier alpha value is -2.47. The first kappa shape index (κ1) is 22.8. The van der Waals surface area contributed by atoms with Gasteiger partial charge in [0.25, 0.3) is 0 Å². The number of nitrogens with two attached hydrogens (primary N) is 1. The highest BCUT2D eigenvalue weighted by Gasteiger charge is 2.52. The minimum absolute atomic E-state index is 0.0558. The zero-order chi connectivity index (χ0) is 21.9. The summed E-state index contributed by atoms with van der Waals surface area (Å²) in [6.45, 7) is 4.42. The van der Waals surface area contributed by atoms with Crippen molar-refractivity contribution in [2.45, 2.75) is 44.6 Å². The molecule has 2 rings (SSSR count). The van der Waals surface area contributed by atoms with Gasteiger partial charge in [-0.1, -0.05) is 0 Å². The van der Waals surface area contributed by atoms with E-state index in [9.17, 15) is 19.2 Å². The fourth-order valence-electron chi connectivity index (χ4n) is 2.54. The normalized spacial score (nSPS) is 21.8. The van der Waals surface area contributed by atoms with Gasteiger partial charge >= 0.3 is 18.2 Å². The van der Waals surface area contributed by atoms with E-state index >= 15 is 0 Å². The second-order valence-electron chi connectivity index (χ2n) is 6.84. The zero-order valence-electron chi connectivity index (χ0n) is 16.9. The molecule has 2 heterocycles. The summed E-state index contributed by atoms with van der Waals surface area (Å²) in [6, 6.07) is -0.733. The number of esters is 1. The number of hydrogen-bond acceptors (Lipinski definition) is 10. The van der Waals surface area contributed by atoms with Crippen LogP contribution in [-0.4, -0.2) is 84.2 Å². The fourth-order valence-corrected chi connectivity index (χ4v) is 3.82. The molecule has 0 aromatic heterocycles. The predicted octanol–water partition coefficient (Wildman–Crippen LogP) is 0.632. The third kappa shape index (κ3) is 5.32. The maximum absolute atomic E-state index is 12.7. The summed E-state index contributed by atoms with van der Waals surface area (Å²) in [5.74, 6) is -1.02. The number of carbonyl (C=O) groups is 4. The monoisotopic (exact) mass is 431 g/mol. The van der Waals surface area contributed by atoms with Crippen LogP contribution in [-0.2, 0) is 28.5 Å². The highest BCUT2D eigenvalue weighted by atomic mass is 32.2. The van der Waals surface area contributed by atoms with Crippen molar-refractivity contribution in [1.29, 1.82) is 0 Å². The molecule has 3 atom stereocenters. The number of hydrogen-bond donors (Lipinski definition) is 1. The van der Waals surface area contributed by atoms with Crippen molar-refractivity contribution >= 4 is 35.9 Å². The Morgan fingerprint density at radius 3 is 2.45 bits per heavy atom. The molecule has 29 heavy (non-hydrogen) atoms. The number of β-lactam (4-membered cyclic amide) rings is 1. The summed E-state index contributed by atoms with van der Waals surface area (Å²) in [6.07, 6.45) is -3.25. The number of nitrogens with zero attached hydrogens (tertiary/aromatic N) is 2. The van der Waals surface area contributed by atoms with Crippen molar-refractivity contribution in [2.75, 3.05) is 26.5 Å². The van der Waals surface area contributed by atoms with Crippen molar-refractivity contribution in [1.82, 2.24) is 9.80 Å². The number of thioether (sulfide) groups is 1. The van der Waals surface area contributed by atoms with Crippen LogP contribution in [0.3, 0.4) is 0 Å². The molecule has 2 aliphatic heterocycles. The lowest BCUT2D eigenvalue weighted by Crippen LogP contribution is -2.68. The van der Waals surface area contributed by atoms with Gasteiger partial charge in [-0.3, -0.25) is 9.69 Å². The van der Waals surface area contributed by atoms with Crippen LogP contribution < -0.4 is 5.73 Å². The Labute approximate surface area is 172 Å². The van der Waals surface area contributed by atoms with Crippen LogP contribution in [0.1, 0.15) is 20.8 Å². The van der Waals surface area contributed by atoms with Gasteiger partial charge in [0.2, 0.25) is 12.2 Å². The summed E-state index contributed by atoms with van der Waals surface area (Å²) in [4.78, 5) is 50.7. The number of ether oxygens (including phenoxy) is 4. The first-order chi connectivity index (χ1) is 13.5. The number of amides is 2. The lowest BCUT2D eigenvalue weighted by molar-refractivity contribution is -0.169. The molecule has 0 bridgehead atoms. The lowest BCUT2D eigenvalue weighted by Gasteiger charge is -2.48. The Morgan fingerprint density at radius 1 is 1.21 bits per heavy atom. The molecule has 0 aromatic carbocycles. The molecule has 2 aliphatic rings. The average Bonchev–Trinajstić information content (AvgIpc) is 2.63. The van der Waals surface area contributed by atoms with Gasteiger partial charge in [0.05, 0.1) is 6.10 Å². The Bertz CT molecular complexity index is 723. The van der Waals surface area contributed by atoms with Crippen molar-refractivity contribution in [3.8, 4) is 0 Å². The fraction of sp³-hybridized carbons (Fsp3) is 0.647. The molecule has 1 saturated heterocycles. The Balaban J connectivity index is 2.14. The van der Waals surface area contributed by atoms with Gasteiger partial charge in [0.1, 0.15) is 23.7 Å². The first-order valence-corrected chi connectivity index (χ1v) is 9.92. The summed E-state index contributed by atoms with van der Waals surface area (Å²) in [7, 11) is 3.04. The van der Waals surface area contributed by atoms with Gasteiger partial charge in [-0.15, -0.1) is 11.8 Å². The molecule has 1 fully saturated rings. The van der Waals surface area contributed by atoms with E-state index in [2.05, 4.69) is 0 Å². The lowest BCUT2D eigenvalue weighted by atomic mass is 10.0. The summed E-state index contributed by atoms with van der Waals surface area (Å²) in [5.41, 5.74) is 6.13. The van der Waals surface area contributed by atoms with Crippen molar-refractivity contribution in [3.63, 3.8) is 0 Å². The topological polar surface area (TPSA) is 138 Å². The maximum atomic E-state index is 12.7. The maximum Gasteiger partial charge on any atom is 0.511 e. The highest BCUT2D eigenvalue weighted by Crippen LogP contribution is 2.40. The molecular weight excluding hydrogens is 406 g/mol. The SMILES string of the molecule is CC(C)OC(=O)OC(C)OC(=O)C1=C(COC(=O)N(C)C)CSC2C(N)C(=O)N12. The largest absolute Gasteiger partial charge is 0.511 e. The minimum Gasteiger partial charge on any atom is -0.445 e. The molecule has 3 unspecified atom stereocenters. The summed E-state index contributed by atoms with van der Waals surface area (Å²) < 4.78 is 20.0. The van der Waals surface area contributed by atoms with Crippen LogP contribution in [0.15, 0.2) is 11.3 Å². The van der Waals surface area contributed by atoms with Gasteiger partial charge < -0.3 is 29.6 Å². The average molecular weight is 431 g/mol. The van der Waals surface area contributed by atoms with Crippen LogP contribution in [0.4, 0.5) is 9.59 Å². The van der Waals surface area contributed by atoms with Crippen LogP contribution >= 0.6 is 11.8 Å². The van der Waals surface area contributed by atoms with Crippen molar-refractivity contribution in [3.05, 3.63) is 11.3 Å². The molecule has 0 spiro atoms. The van der Waals surface area contributed by atoms with E-state index in [1.807, 2.05) is 0 Å². The second kappa shape index (κ2) is 9.35. The van der Waals surface area contributed by atoms with Gasteiger partial charge in [-0.2, -0.15) is 0 Å². The summed E-state index contributed by atoms with van der Waals surface area (Å²) in [5, 5.41) is -0.416. The molecule has 0 saturated carbocycles. The molecule has 11 nitrogen and oxygen atoms in total. The van der Waals surface area contributed by atoms with Crippen LogP contribution in [0.5, 0.6) is 0 Å². The van der Waals surface area contributed by atoms with Crippen molar-refractivity contribution in [2.24, 2.45) is 5.73 Å². The molecular formula is C17H25N3O8S. The number of carbonyl (C=O) groups excluding carboxylic acids is 4. The van der Waals surface area contributed by atoms with Gasteiger partial charge in [0.15, 0.2) is 0 Å². The minimum atomic E-state index is -1.26. The van der Waals surface area contributed by atoms with Gasteiger partial charge in [-0.25, -0.2) is 14.4 Å². The molecule has 0 aliphatic carbocycles. The Kier molecular flexibility index (Phi) is 7.36. The van der Waals surface area contributed by atoms with Gasteiger partial charge in [-0.05, 0) is 13.8 Å². The molecule has 12 heteroatoms. The van der Waals surface area contributed by atoms with E-state index < -0.39 is 47.9 Å². The standard InChI is InChI=1S/C17H25N3O8S/c1-8(2)26-17(24)28-9(3)27-15(22)12-10(6-25-16(23)19(4)5)7-29-14-11(18)13(21)20(12)14/h8-9,11,14H,6-7,18H2,1-5H3. The van der Waals surface area contributed by atoms with E-state index in [1.165, 1.54) is 42.6 Å². The zero-order valence-corrected chi connectivity index (χ0v) is 17.7. The van der Waals surface area contributed by atoms with E-state index in [1.54, 1.807) is 13.8 Å². The highest BCUT2D eigenvalue weighted by molar-refractivity contribution is 8.00. The second-order valence-corrected chi connectivity index (χ2v) is 7.95. The molecule has 0 radical (unpaired) electrons. The van der Waals surface area contributed by atoms with Crippen LogP contribution in [0, 0.1) is 0 Å². The first-order valence-electron chi connectivity index (χ1n) is 8.87. The van der Waals surface area contributed by atoms with E-state index in [-0.39, 0.29) is 12.3 Å². The van der Waals surface area contributed by atoms with Crippen LogP contribution in [0.25, 0.3) is 0 Å². The van der Waals surface area contributed by atoms with Gasteiger partial charge in [0, 0.05) is 32.3 Å². The predicted molar refractivity (Wildman–Crippen MR) is 101 cm³/mol. The smallest absolute Gasteiger partial charge is 0.445 e. The molecule has 2 amide bonds. The van der Waals surface area contributed by atoms with Crippen molar-refractivity contribution < 1.29 is 38.1 Å². The molecule has 0 aromatic rings. The van der Waals surface area contributed by atoms with E-state index in [4.69, 9.17) is 24.7 Å². The number of fused-ring (bicyclic) bond motifs is 1. The van der Waals surface area contributed by atoms with E-state index in [0.717, 1.165) is 0 Å². The quantitative estimate of drug-likeness (QED) is 0.276. The third-order valence-electron chi connectivity index (χ3n) is 3.88. The summed E-state index contributed by atoms with van der Waals surface area (Å²) >= 11 is 1.35. The Morgan fingerprint density at radius 2 is 1.86 bits per heavy atom. The number of rotatable bonds is 6. The third-order valence-corrected chi connectivity index (χ3v) is 5.24. The molecule has 162 valence electrons.